The van der Waals surface area contributed by atoms with Crippen LogP contribution in [0.4, 0.5) is 0 Å². The molecule has 0 fully saturated rings. The highest BCUT2D eigenvalue weighted by molar-refractivity contribution is 5.99. The Labute approximate surface area is 154 Å². The van der Waals surface area contributed by atoms with Crippen LogP contribution in [-0.2, 0) is 9.53 Å². The average molecular weight is 357 g/mol. The van der Waals surface area contributed by atoms with Gasteiger partial charge in [0, 0.05) is 23.0 Å². The lowest BCUT2D eigenvalue weighted by Gasteiger charge is -2.13. The van der Waals surface area contributed by atoms with Crippen LogP contribution in [0.5, 0.6) is 5.75 Å². The van der Waals surface area contributed by atoms with E-state index in [1.165, 1.54) is 0 Å². The van der Waals surface area contributed by atoms with Gasteiger partial charge in [-0.2, -0.15) is 0 Å². The number of ether oxygens (including phenoxy) is 2. The van der Waals surface area contributed by atoms with Gasteiger partial charge in [0.15, 0.2) is 13.2 Å². The lowest BCUT2D eigenvalue weighted by atomic mass is 10.1. The van der Waals surface area contributed by atoms with Gasteiger partial charge >= 0.3 is 5.97 Å². The highest BCUT2D eigenvalue weighted by Crippen LogP contribution is 2.21. The molecule has 0 N–H and O–H groups in total. The maximum Gasteiger partial charge on any atom is 0.344 e. The summed E-state index contributed by atoms with van der Waals surface area (Å²) in [5, 5.41) is 0. The second kappa shape index (κ2) is 8.21. The van der Waals surface area contributed by atoms with Crippen LogP contribution in [0, 0.1) is 27.7 Å². The maximum atomic E-state index is 12.4. The number of rotatable bonds is 7. The standard InChI is InChI=1S/C21H27NO4/c1-13(2)22-15(4)10-18(17(22)6)19(23)11-26-21(24)12-25-20-9-7-8-14(3)16(20)5/h7-10,13H,11-12H2,1-6H3. The van der Waals surface area contributed by atoms with E-state index >= 15 is 0 Å². The number of hydrogen-bond acceptors (Lipinski definition) is 4. The number of aryl methyl sites for hydroxylation is 2. The molecule has 5 heteroatoms. The summed E-state index contributed by atoms with van der Waals surface area (Å²) in [5.74, 6) is -0.115. The van der Waals surface area contributed by atoms with Crippen LogP contribution in [0.3, 0.4) is 0 Å². The van der Waals surface area contributed by atoms with Crippen molar-refractivity contribution >= 4 is 11.8 Å². The van der Waals surface area contributed by atoms with E-state index in [2.05, 4.69) is 18.4 Å². The van der Waals surface area contributed by atoms with Crippen molar-refractivity contribution in [2.75, 3.05) is 13.2 Å². The summed E-state index contributed by atoms with van der Waals surface area (Å²) in [5.41, 5.74) is 4.58. The fraction of sp³-hybridized carbons (Fsp3) is 0.429. The average Bonchev–Trinajstić information content (AvgIpc) is 2.88. The fourth-order valence-corrected chi connectivity index (χ4v) is 3.14. The van der Waals surface area contributed by atoms with Gasteiger partial charge < -0.3 is 14.0 Å². The van der Waals surface area contributed by atoms with Crippen LogP contribution in [0.25, 0.3) is 0 Å². The van der Waals surface area contributed by atoms with Crippen molar-refractivity contribution in [1.82, 2.24) is 4.57 Å². The number of benzene rings is 1. The molecule has 0 saturated heterocycles. The van der Waals surface area contributed by atoms with E-state index in [0.717, 1.165) is 22.5 Å². The summed E-state index contributed by atoms with van der Waals surface area (Å²) in [6.45, 7) is 11.4. The molecule has 1 aromatic heterocycles. The van der Waals surface area contributed by atoms with Crippen molar-refractivity contribution < 1.29 is 19.1 Å². The van der Waals surface area contributed by atoms with Crippen molar-refractivity contribution in [1.29, 1.82) is 0 Å². The van der Waals surface area contributed by atoms with Gasteiger partial charge in [-0.1, -0.05) is 12.1 Å². The normalized spacial score (nSPS) is 10.9. The van der Waals surface area contributed by atoms with Crippen molar-refractivity contribution in [3.8, 4) is 5.75 Å². The molecule has 0 amide bonds. The molecule has 0 radical (unpaired) electrons. The van der Waals surface area contributed by atoms with Crippen molar-refractivity contribution in [2.45, 2.75) is 47.6 Å². The molecule has 0 saturated carbocycles. The number of ketones is 1. The van der Waals surface area contributed by atoms with E-state index < -0.39 is 5.97 Å². The summed E-state index contributed by atoms with van der Waals surface area (Å²) < 4.78 is 12.7. The van der Waals surface area contributed by atoms with Crippen LogP contribution in [-0.4, -0.2) is 29.5 Å². The van der Waals surface area contributed by atoms with E-state index in [1.54, 1.807) is 0 Å². The topological polar surface area (TPSA) is 57.5 Å². The van der Waals surface area contributed by atoms with Crippen LogP contribution in [0.1, 0.15) is 52.8 Å². The Morgan fingerprint density at radius 1 is 1.08 bits per heavy atom. The Morgan fingerprint density at radius 2 is 1.77 bits per heavy atom. The Kier molecular flexibility index (Phi) is 6.24. The zero-order valence-electron chi connectivity index (χ0n) is 16.4. The summed E-state index contributed by atoms with van der Waals surface area (Å²) in [6, 6.07) is 7.77. The molecule has 0 aliphatic rings. The molecule has 0 bridgehead atoms. The summed E-state index contributed by atoms with van der Waals surface area (Å²) in [4.78, 5) is 24.3. The molecule has 140 valence electrons. The first kappa shape index (κ1) is 19.8. The van der Waals surface area contributed by atoms with Gasteiger partial charge in [0.05, 0.1) is 0 Å². The number of aromatic nitrogens is 1. The third-order valence-corrected chi connectivity index (χ3v) is 4.57. The Hall–Kier alpha value is -2.56. The lowest BCUT2D eigenvalue weighted by Crippen LogP contribution is -2.20. The minimum Gasteiger partial charge on any atom is -0.482 e. The van der Waals surface area contributed by atoms with Crippen molar-refractivity contribution in [3.63, 3.8) is 0 Å². The third kappa shape index (κ3) is 4.34. The van der Waals surface area contributed by atoms with Gasteiger partial charge in [-0.25, -0.2) is 4.79 Å². The lowest BCUT2D eigenvalue weighted by molar-refractivity contribution is -0.144. The first-order valence-corrected chi connectivity index (χ1v) is 8.78. The van der Waals surface area contributed by atoms with Gasteiger partial charge in [0.25, 0.3) is 0 Å². The summed E-state index contributed by atoms with van der Waals surface area (Å²) in [6.07, 6.45) is 0. The molecule has 0 spiro atoms. The SMILES string of the molecule is Cc1cccc(OCC(=O)OCC(=O)c2cc(C)n(C(C)C)c2C)c1C. The minimum absolute atomic E-state index is 0.204. The second-order valence-corrected chi connectivity index (χ2v) is 6.82. The minimum atomic E-state index is -0.558. The molecular formula is C21H27NO4. The van der Waals surface area contributed by atoms with Gasteiger partial charge in [-0.3, -0.25) is 4.79 Å². The summed E-state index contributed by atoms with van der Waals surface area (Å²) >= 11 is 0. The van der Waals surface area contributed by atoms with Gasteiger partial charge in [0.2, 0.25) is 5.78 Å². The van der Waals surface area contributed by atoms with Crippen molar-refractivity contribution in [2.24, 2.45) is 0 Å². The number of hydrogen-bond donors (Lipinski definition) is 0. The summed E-state index contributed by atoms with van der Waals surface area (Å²) in [7, 11) is 0. The van der Waals surface area contributed by atoms with E-state index in [9.17, 15) is 9.59 Å². The fourth-order valence-electron chi connectivity index (χ4n) is 3.14. The quantitative estimate of drug-likeness (QED) is 0.553. The smallest absolute Gasteiger partial charge is 0.344 e. The number of nitrogens with zero attached hydrogens (tertiary/aromatic N) is 1. The van der Waals surface area contributed by atoms with Crippen LogP contribution < -0.4 is 4.74 Å². The van der Waals surface area contributed by atoms with Crippen molar-refractivity contribution in [3.05, 3.63) is 52.3 Å². The first-order valence-electron chi connectivity index (χ1n) is 8.78. The van der Waals surface area contributed by atoms with Crippen LogP contribution >= 0.6 is 0 Å². The zero-order chi connectivity index (χ0) is 19.4. The molecule has 26 heavy (non-hydrogen) atoms. The molecule has 1 aromatic carbocycles. The van der Waals surface area contributed by atoms with Crippen LogP contribution in [0.2, 0.25) is 0 Å². The first-order chi connectivity index (χ1) is 12.2. The highest BCUT2D eigenvalue weighted by Gasteiger charge is 2.18. The Bertz CT molecular complexity index is 818. The monoisotopic (exact) mass is 357 g/mol. The van der Waals surface area contributed by atoms with Gasteiger partial charge in [0.1, 0.15) is 5.75 Å². The number of esters is 1. The maximum absolute atomic E-state index is 12.4. The predicted molar refractivity (Wildman–Crippen MR) is 101 cm³/mol. The molecule has 0 aliphatic carbocycles. The molecule has 2 rings (SSSR count). The number of carbonyl (C=O) groups excluding carboxylic acids is 2. The molecule has 1 heterocycles. The van der Waals surface area contributed by atoms with Crippen LogP contribution in [0.15, 0.2) is 24.3 Å². The van der Waals surface area contributed by atoms with Gasteiger partial charge in [-0.05, 0) is 64.8 Å². The molecule has 5 nitrogen and oxygen atoms in total. The van der Waals surface area contributed by atoms with E-state index in [0.29, 0.717) is 11.3 Å². The van der Waals surface area contributed by atoms with E-state index in [4.69, 9.17) is 9.47 Å². The third-order valence-electron chi connectivity index (χ3n) is 4.57. The molecule has 0 atom stereocenters. The highest BCUT2D eigenvalue weighted by atomic mass is 16.6. The van der Waals surface area contributed by atoms with E-state index in [1.807, 2.05) is 52.0 Å². The molecule has 0 aliphatic heterocycles. The zero-order valence-corrected chi connectivity index (χ0v) is 16.4. The number of carbonyl (C=O) groups is 2. The number of Topliss-reactive ketones (excluding diaryl/α,β-unsaturated/α-hetero) is 1. The predicted octanol–water partition coefficient (Wildman–Crippen LogP) is 4.11. The van der Waals surface area contributed by atoms with E-state index in [-0.39, 0.29) is 25.0 Å². The Balaban J connectivity index is 1.92. The largest absolute Gasteiger partial charge is 0.482 e. The molecule has 0 unspecified atom stereocenters. The molecule has 2 aromatic rings. The second-order valence-electron chi connectivity index (χ2n) is 6.82. The Morgan fingerprint density at radius 3 is 2.38 bits per heavy atom. The van der Waals surface area contributed by atoms with Gasteiger partial charge in [-0.15, -0.1) is 0 Å². The molecular weight excluding hydrogens is 330 g/mol.